The fraction of sp³-hybridized carbons (Fsp3) is 0.600. The van der Waals surface area contributed by atoms with E-state index < -0.39 is 0 Å². The predicted molar refractivity (Wildman–Crippen MR) is 541 cm³/mol. The van der Waals surface area contributed by atoms with E-state index in [1.807, 2.05) is 0 Å². The van der Waals surface area contributed by atoms with E-state index in [4.69, 9.17) is 28.4 Å². The van der Waals surface area contributed by atoms with Gasteiger partial charge in [-0.25, -0.2) is 0 Å². The van der Waals surface area contributed by atoms with E-state index in [2.05, 4.69) is 224 Å². The Hall–Kier alpha value is -8.52. The normalized spacial score (nSPS) is 10.9. The number of rotatable bonds is 72. The summed E-state index contributed by atoms with van der Waals surface area (Å²) in [6, 6.07) is 80.1. The van der Waals surface area contributed by atoms with Crippen LogP contribution < -0.4 is 28.4 Å². The molecule has 0 saturated carbocycles. The van der Waals surface area contributed by atoms with E-state index in [-0.39, 0.29) is 0 Å². The van der Waals surface area contributed by atoms with Gasteiger partial charge < -0.3 is 28.4 Å². The van der Waals surface area contributed by atoms with Crippen LogP contribution in [0.15, 0.2) is 109 Å². The lowest BCUT2D eigenvalue weighted by molar-refractivity contribution is 0.259. The Balaban J connectivity index is 1.34. The van der Waals surface area contributed by atoms with Gasteiger partial charge in [-0.15, -0.1) is 0 Å². The van der Waals surface area contributed by atoms with E-state index in [0.717, 1.165) is 176 Å². The maximum atomic E-state index is 6.79. The van der Waals surface area contributed by atoms with Crippen LogP contribution in [-0.2, 0) is 0 Å². The third-order valence-corrected chi connectivity index (χ3v) is 24.5. The molecular weight excluding hydrogens is 1540 g/mol. The van der Waals surface area contributed by atoms with Gasteiger partial charge in [0.05, 0.1) is 39.6 Å². The van der Waals surface area contributed by atoms with Crippen molar-refractivity contribution in [1.82, 2.24) is 0 Å². The van der Waals surface area contributed by atoms with E-state index in [1.54, 1.807) is 0 Å². The molecule has 6 heteroatoms. The zero-order chi connectivity index (χ0) is 88.5. The largest absolute Gasteiger partial charge is 0.490 e. The SMILES string of the molecule is CCCCCCCCCCCCOc1cc2c#cc3ccc(c#cc4cc(OCCCCCCCCCCCC)c(OCCCCCCCCCCCC)cc4c#cc4ccc(c#cc5cc(OCCCCCCCCCCCC)c(OCCCCCCCCCCCC)cc5c#cc5ccc(c#cc2cc1OCCCCCCCCCCCC)cc5)cc4)cc3. The van der Waals surface area contributed by atoms with E-state index in [0.29, 0.717) is 39.6 Å². The molecule has 0 aliphatic rings. The van der Waals surface area contributed by atoms with Gasteiger partial charge in [-0.3, -0.25) is 0 Å². The molecule has 126 heavy (non-hydrogen) atoms. The highest BCUT2D eigenvalue weighted by molar-refractivity contribution is 5.85. The molecule has 0 radical (unpaired) electrons. The third kappa shape index (κ3) is 48.0. The van der Waals surface area contributed by atoms with E-state index >= 15 is 0 Å². The quantitative estimate of drug-likeness (QED) is 0.0354. The Morgan fingerprint density at radius 3 is 0.349 bits per heavy atom. The molecule has 6 bridgehead atoms. The van der Waals surface area contributed by atoms with Crippen LogP contribution in [0.3, 0.4) is 0 Å². The van der Waals surface area contributed by atoms with Crippen LogP contribution in [0.5, 0.6) is 34.5 Å². The van der Waals surface area contributed by atoms with Gasteiger partial charge in [-0.1, -0.05) is 461 Å². The summed E-state index contributed by atoms with van der Waals surface area (Å²) >= 11 is 0. The Labute approximate surface area is 771 Å². The number of hydrogen-bond acceptors (Lipinski definition) is 6. The molecule has 10 aromatic rings. The molecule has 0 atom stereocenters. The topological polar surface area (TPSA) is 55.4 Å². The van der Waals surface area contributed by atoms with Gasteiger partial charge >= 0.3 is 0 Å². The van der Waals surface area contributed by atoms with Crippen molar-refractivity contribution in [1.29, 1.82) is 0 Å². The van der Waals surface area contributed by atoms with Crippen LogP contribution >= 0.6 is 0 Å². The second-order valence-electron chi connectivity index (χ2n) is 35.9. The van der Waals surface area contributed by atoms with Gasteiger partial charge in [-0.2, -0.15) is 0 Å². The summed E-state index contributed by atoms with van der Waals surface area (Å²) in [4.78, 5) is 0. The van der Waals surface area contributed by atoms with Crippen LogP contribution in [0.1, 0.15) is 427 Å². The number of unbranched alkanes of at least 4 members (excludes halogenated alkanes) is 54. The number of ether oxygens (including phenoxy) is 6. The van der Waals surface area contributed by atoms with Crippen LogP contribution in [0, 0.1) is 72.8 Å². The van der Waals surface area contributed by atoms with Crippen LogP contribution in [0.25, 0.3) is 64.6 Å². The Bertz CT molecular complexity index is 3510. The number of fused-ring (bicyclic) bond motifs is 3. The summed E-state index contributed by atoms with van der Waals surface area (Å²) in [6.07, 6.45) is 75.6. The summed E-state index contributed by atoms with van der Waals surface area (Å²) in [7, 11) is 0. The minimum Gasteiger partial charge on any atom is -0.490 e. The van der Waals surface area contributed by atoms with Crippen molar-refractivity contribution in [3.05, 3.63) is 182 Å². The maximum Gasteiger partial charge on any atom is 0.162 e. The third-order valence-electron chi connectivity index (χ3n) is 24.5. The monoisotopic (exact) mass is 1710 g/mol. The molecule has 0 fully saturated rings. The van der Waals surface area contributed by atoms with Crippen molar-refractivity contribution in [2.75, 3.05) is 39.6 Å². The van der Waals surface area contributed by atoms with Crippen molar-refractivity contribution in [3.63, 3.8) is 0 Å². The minimum atomic E-state index is 0.607. The van der Waals surface area contributed by atoms with Gasteiger partial charge in [0.1, 0.15) is 0 Å². The summed E-state index contributed by atoms with van der Waals surface area (Å²) in [5.74, 6) is 4.30. The van der Waals surface area contributed by atoms with Gasteiger partial charge in [-0.05, 0) is 111 Å². The molecule has 0 heterocycles. The number of benzene rings is 6. The fourth-order valence-electron chi connectivity index (χ4n) is 16.4. The molecule has 0 amide bonds. The van der Waals surface area contributed by atoms with Crippen molar-refractivity contribution in [3.8, 4) is 34.5 Å². The molecule has 0 spiro atoms. The molecule has 684 valence electrons. The lowest BCUT2D eigenvalue weighted by Crippen LogP contribution is -2.03. The molecule has 0 N–H and O–H groups in total. The summed E-state index contributed by atoms with van der Waals surface area (Å²) < 4.78 is 40.7. The lowest BCUT2D eigenvalue weighted by Gasteiger charge is -2.13. The first-order valence-corrected chi connectivity index (χ1v) is 52.1. The highest BCUT2D eigenvalue weighted by Gasteiger charge is 2.13. The minimum absolute atomic E-state index is 0.607. The maximum absolute atomic E-state index is 6.79. The molecule has 6 nitrogen and oxygen atoms in total. The average Bonchev–Trinajstić information content (AvgIpc) is 0.830. The van der Waals surface area contributed by atoms with Crippen LogP contribution in [0.4, 0.5) is 0 Å². The average molecular weight is 1710 g/mol. The smallest absolute Gasteiger partial charge is 0.162 e. The van der Waals surface area contributed by atoms with E-state index in [1.165, 1.54) is 308 Å². The second kappa shape index (κ2) is 71.4. The standard InChI is InChI=1S/C120H168O6/c1-7-13-19-25-31-37-43-49-55-61-91-121-115-97-109-85-79-103-67-69-105(70-68-103)81-87-111-99-117(123-93-63-57-51-45-39-33-27-21-15-9-3)119(125-95-65-59-53-47-41-35-29-23-17-11-5)101-113(111)89-83-107-75-77-108(78-76-107)84-90-114-102-120(126-96-66-60-54-48-42-36-30-24-18-12-6)118(124-94-64-58-52-46-40-34-28-22-16-10-4)100-112(114)88-82-106-73-71-104(72-74-106)80-86-110(109)98-116(115)122-92-62-56-50-44-38-32-26-20-14-8-2/h67-78,97-102H,7-66,91-96H2,1-6H3. The Morgan fingerprint density at radius 2 is 0.238 bits per heavy atom. The van der Waals surface area contributed by atoms with Crippen LogP contribution in [-0.4, -0.2) is 39.6 Å². The molecule has 0 aliphatic heterocycles. The van der Waals surface area contributed by atoms with Crippen molar-refractivity contribution in [2.45, 2.75) is 427 Å². The fourth-order valence-corrected chi connectivity index (χ4v) is 16.4. The van der Waals surface area contributed by atoms with Gasteiger partial charge in [0.25, 0.3) is 0 Å². The molecule has 0 aliphatic carbocycles. The Morgan fingerprint density at radius 1 is 0.135 bits per heavy atom. The number of hydrogen-bond donors (Lipinski definition) is 0. The van der Waals surface area contributed by atoms with Gasteiger partial charge in [0.2, 0.25) is 0 Å². The van der Waals surface area contributed by atoms with Gasteiger partial charge in [0.15, 0.2) is 34.5 Å². The molecule has 10 aromatic carbocycles. The van der Waals surface area contributed by atoms with Crippen LogP contribution in [0.2, 0.25) is 0 Å². The van der Waals surface area contributed by atoms with Crippen molar-refractivity contribution in [2.24, 2.45) is 0 Å². The van der Waals surface area contributed by atoms with Crippen molar-refractivity contribution >= 4 is 64.6 Å². The zero-order valence-electron chi connectivity index (χ0n) is 80.5. The van der Waals surface area contributed by atoms with Gasteiger partial charge in [0, 0.05) is 101 Å². The summed E-state index contributed by atoms with van der Waals surface area (Å²) in [5, 5.41) is 9.89. The second-order valence-corrected chi connectivity index (χ2v) is 35.9. The first kappa shape index (κ1) is 105. The van der Waals surface area contributed by atoms with Crippen molar-refractivity contribution < 1.29 is 28.4 Å². The highest BCUT2D eigenvalue weighted by Crippen LogP contribution is 2.36. The Kier molecular flexibility index (Phi) is 59.3. The first-order valence-electron chi connectivity index (χ1n) is 52.1. The predicted octanol–water partition coefficient (Wildman–Crippen LogP) is 37.1. The summed E-state index contributed by atoms with van der Waals surface area (Å²) in [6.45, 7) is 17.4. The molecule has 0 saturated heterocycles. The molecule has 0 unspecified atom stereocenters. The highest BCUT2D eigenvalue weighted by atomic mass is 16.5. The molecule has 10 rings (SSSR count). The lowest BCUT2D eigenvalue weighted by atomic mass is 10.1. The molecule has 0 aromatic heterocycles. The summed E-state index contributed by atoms with van der Waals surface area (Å²) in [5.41, 5.74) is 0. The van der Waals surface area contributed by atoms with E-state index in [9.17, 15) is 0 Å². The first-order chi connectivity index (χ1) is 62.4. The zero-order valence-corrected chi connectivity index (χ0v) is 80.5. The molecular formula is C120H168O6.